The first-order valence-corrected chi connectivity index (χ1v) is 13.9. The summed E-state index contributed by atoms with van der Waals surface area (Å²) in [7, 11) is 1.52. The highest BCUT2D eigenvalue weighted by atomic mass is 16.5. The summed E-state index contributed by atoms with van der Waals surface area (Å²) in [5.41, 5.74) is 4.91. The summed E-state index contributed by atoms with van der Waals surface area (Å²) in [6, 6.07) is 20.2. The molecule has 2 aliphatic heterocycles. The van der Waals surface area contributed by atoms with Gasteiger partial charge in [-0.3, -0.25) is 19.3 Å². The highest BCUT2D eigenvalue weighted by Crippen LogP contribution is 2.34. The van der Waals surface area contributed by atoms with Crippen molar-refractivity contribution in [2.24, 2.45) is 5.92 Å². The fourth-order valence-electron chi connectivity index (χ4n) is 5.67. The second-order valence-electron chi connectivity index (χ2n) is 10.7. The van der Waals surface area contributed by atoms with E-state index < -0.39 is 11.9 Å². The van der Waals surface area contributed by atoms with Crippen molar-refractivity contribution in [3.63, 3.8) is 0 Å². The molecule has 0 radical (unpaired) electrons. The normalized spacial score (nSPS) is 17.5. The van der Waals surface area contributed by atoms with Gasteiger partial charge >= 0.3 is 12.0 Å². The molecule has 3 aromatic carbocycles. The minimum atomic E-state index is -0.916. The van der Waals surface area contributed by atoms with E-state index in [4.69, 9.17) is 4.74 Å². The van der Waals surface area contributed by atoms with Gasteiger partial charge in [0.1, 0.15) is 5.75 Å². The molecule has 10 nitrogen and oxygen atoms in total. The van der Waals surface area contributed by atoms with Crippen LogP contribution in [0.3, 0.4) is 0 Å². The number of ketones is 1. The van der Waals surface area contributed by atoms with Crippen molar-refractivity contribution in [3.05, 3.63) is 83.4 Å². The molecule has 1 fully saturated rings. The zero-order valence-corrected chi connectivity index (χ0v) is 23.6. The summed E-state index contributed by atoms with van der Waals surface area (Å²) in [6.07, 6.45) is 0.990. The molecule has 3 N–H and O–H groups in total. The van der Waals surface area contributed by atoms with Crippen molar-refractivity contribution in [2.45, 2.75) is 25.7 Å². The summed E-state index contributed by atoms with van der Waals surface area (Å²) < 4.78 is 5.51. The van der Waals surface area contributed by atoms with E-state index in [1.165, 1.54) is 14.0 Å². The number of nitrogens with zero attached hydrogens (tertiary/aromatic N) is 2. The van der Waals surface area contributed by atoms with Gasteiger partial charge in [-0.25, -0.2) is 4.79 Å². The van der Waals surface area contributed by atoms with Crippen molar-refractivity contribution in [2.75, 3.05) is 48.8 Å². The summed E-state index contributed by atoms with van der Waals surface area (Å²) >= 11 is 0. The Bertz CT molecular complexity index is 1510. The second kappa shape index (κ2) is 12.3. The number of Topliss-reactive ketones (excluding diaryl/α,β-unsaturated/α-hetero) is 1. The SMILES string of the molecule is COc1cc(CC(=O)CNc2ccc(C3CN(C(C)=O)CC3C(=O)O)cc2)ccc1NC(=O)N1CCc2ccccc21. The van der Waals surface area contributed by atoms with Gasteiger partial charge in [-0.05, 0) is 53.4 Å². The zero-order chi connectivity index (χ0) is 29.8. The number of ether oxygens (including phenoxy) is 1. The van der Waals surface area contributed by atoms with Crippen LogP contribution in [0.25, 0.3) is 0 Å². The number of aliphatic carboxylic acids is 1. The van der Waals surface area contributed by atoms with Crippen LogP contribution in [0.1, 0.15) is 29.5 Å². The molecule has 2 atom stereocenters. The average molecular weight is 571 g/mol. The van der Waals surface area contributed by atoms with E-state index in [1.54, 1.807) is 28.0 Å². The number of urea groups is 1. The van der Waals surface area contributed by atoms with Crippen LogP contribution in [-0.2, 0) is 27.2 Å². The molecule has 3 aromatic rings. The zero-order valence-electron chi connectivity index (χ0n) is 23.6. The Hall–Kier alpha value is -4.86. The molecule has 2 heterocycles. The highest BCUT2D eigenvalue weighted by Gasteiger charge is 2.39. The van der Waals surface area contributed by atoms with E-state index in [1.807, 2.05) is 48.5 Å². The molecule has 10 heteroatoms. The first-order valence-electron chi connectivity index (χ1n) is 13.9. The van der Waals surface area contributed by atoms with Crippen LogP contribution in [0, 0.1) is 5.92 Å². The topological polar surface area (TPSA) is 128 Å². The number of para-hydroxylation sites is 1. The van der Waals surface area contributed by atoms with Crippen LogP contribution in [0.4, 0.5) is 21.9 Å². The molecule has 0 bridgehead atoms. The molecule has 0 aromatic heterocycles. The number of carbonyl (C=O) groups excluding carboxylic acids is 3. The van der Waals surface area contributed by atoms with Crippen LogP contribution >= 0.6 is 0 Å². The Morgan fingerprint density at radius 2 is 1.76 bits per heavy atom. The van der Waals surface area contributed by atoms with Gasteiger partial charge in [0, 0.05) is 50.3 Å². The van der Waals surface area contributed by atoms with Gasteiger partial charge in [-0.15, -0.1) is 0 Å². The Kier molecular flexibility index (Phi) is 8.42. The lowest BCUT2D eigenvalue weighted by molar-refractivity contribution is -0.141. The highest BCUT2D eigenvalue weighted by molar-refractivity contribution is 6.04. The number of fused-ring (bicyclic) bond motifs is 1. The number of nitrogens with one attached hydrogen (secondary N) is 2. The predicted molar refractivity (Wildman–Crippen MR) is 159 cm³/mol. The third-order valence-corrected chi connectivity index (χ3v) is 7.95. The van der Waals surface area contributed by atoms with Crippen LogP contribution in [-0.4, -0.2) is 67.0 Å². The molecule has 0 saturated carbocycles. The van der Waals surface area contributed by atoms with Gasteiger partial charge in [0.25, 0.3) is 0 Å². The lowest BCUT2D eigenvalue weighted by Crippen LogP contribution is -2.33. The van der Waals surface area contributed by atoms with E-state index in [2.05, 4.69) is 10.6 Å². The van der Waals surface area contributed by atoms with E-state index in [0.29, 0.717) is 24.5 Å². The number of hydrogen-bond acceptors (Lipinski definition) is 6. The molecular weight excluding hydrogens is 536 g/mol. The lowest BCUT2D eigenvalue weighted by atomic mass is 9.89. The molecule has 0 spiro atoms. The van der Waals surface area contributed by atoms with Gasteiger partial charge in [0.15, 0.2) is 5.78 Å². The van der Waals surface area contributed by atoms with Crippen LogP contribution in [0.2, 0.25) is 0 Å². The van der Waals surface area contributed by atoms with Gasteiger partial charge < -0.3 is 25.4 Å². The molecule has 0 aliphatic carbocycles. The molecular formula is C32H34N4O6. The van der Waals surface area contributed by atoms with Gasteiger partial charge in [0.05, 0.1) is 25.3 Å². The summed E-state index contributed by atoms with van der Waals surface area (Å²) in [4.78, 5) is 52.5. The Labute approximate surface area is 244 Å². The van der Waals surface area contributed by atoms with Crippen molar-refractivity contribution < 1.29 is 29.0 Å². The first-order chi connectivity index (χ1) is 20.2. The summed E-state index contributed by atoms with van der Waals surface area (Å²) in [6.45, 7) is 2.73. The van der Waals surface area contributed by atoms with Crippen LogP contribution < -0.4 is 20.3 Å². The maximum absolute atomic E-state index is 13.0. The van der Waals surface area contributed by atoms with E-state index in [0.717, 1.165) is 34.5 Å². The number of likely N-dealkylation sites (tertiary alicyclic amines) is 1. The average Bonchev–Trinajstić information content (AvgIpc) is 3.63. The molecule has 218 valence electrons. The fraction of sp³-hybridized carbons (Fsp3) is 0.312. The van der Waals surface area contributed by atoms with Crippen molar-refractivity contribution in [1.29, 1.82) is 0 Å². The maximum Gasteiger partial charge on any atom is 0.326 e. The first kappa shape index (κ1) is 28.7. The standard InChI is InChI=1S/C32H34N4O6/c1-20(37)35-18-26(27(19-35)31(39)40)22-8-10-24(11-9-22)33-17-25(38)15-21-7-12-28(30(16-21)42-2)34-32(41)36-14-13-23-5-3-4-6-29(23)36/h3-12,16,26-27,33H,13-15,17-19H2,1-2H3,(H,34,41)(H,39,40). The van der Waals surface area contributed by atoms with Crippen LogP contribution in [0.5, 0.6) is 5.75 Å². The van der Waals surface area contributed by atoms with Crippen LogP contribution in [0.15, 0.2) is 66.7 Å². The number of carbonyl (C=O) groups is 4. The molecule has 3 amide bonds. The monoisotopic (exact) mass is 570 g/mol. The van der Waals surface area contributed by atoms with Crippen molar-refractivity contribution >= 4 is 40.8 Å². The third kappa shape index (κ3) is 6.22. The van der Waals surface area contributed by atoms with Gasteiger partial charge in [0.2, 0.25) is 5.91 Å². The minimum Gasteiger partial charge on any atom is -0.495 e. The molecule has 1 saturated heterocycles. The molecule has 2 unspecified atom stereocenters. The quantitative estimate of drug-likeness (QED) is 0.352. The maximum atomic E-state index is 13.0. The molecule has 5 rings (SSSR count). The number of methoxy groups -OCH3 is 1. The van der Waals surface area contributed by atoms with Crippen molar-refractivity contribution in [3.8, 4) is 5.75 Å². The van der Waals surface area contributed by atoms with E-state index in [9.17, 15) is 24.3 Å². The third-order valence-electron chi connectivity index (χ3n) is 7.95. The summed E-state index contributed by atoms with van der Waals surface area (Å²) in [5, 5.41) is 15.7. The fourth-order valence-corrected chi connectivity index (χ4v) is 5.67. The summed E-state index contributed by atoms with van der Waals surface area (Å²) in [5.74, 6) is -1.55. The number of hydrogen-bond donors (Lipinski definition) is 3. The number of carboxylic acids is 1. The van der Waals surface area contributed by atoms with E-state index >= 15 is 0 Å². The largest absolute Gasteiger partial charge is 0.495 e. The Balaban J connectivity index is 1.15. The van der Waals surface area contributed by atoms with Gasteiger partial charge in [-0.2, -0.15) is 0 Å². The predicted octanol–water partition coefficient (Wildman–Crippen LogP) is 4.16. The second-order valence-corrected chi connectivity index (χ2v) is 10.7. The van der Waals surface area contributed by atoms with E-state index in [-0.39, 0.29) is 43.1 Å². The van der Waals surface area contributed by atoms with Crippen molar-refractivity contribution in [1.82, 2.24) is 4.90 Å². The lowest BCUT2D eigenvalue weighted by Gasteiger charge is -2.19. The number of anilines is 3. The van der Waals surface area contributed by atoms with Gasteiger partial charge in [-0.1, -0.05) is 36.4 Å². The Morgan fingerprint density at radius 3 is 2.48 bits per heavy atom. The Morgan fingerprint density at radius 1 is 1.00 bits per heavy atom. The number of amides is 3. The number of carboxylic acid groups (broad SMARTS) is 1. The molecule has 2 aliphatic rings. The smallest absolute Gasteiger partial charge is 0.326 e. The number of rotatable bonds is 9. The minimum absolute atomic E-state index is 0.0366. The number of benzene rings is 3. The molecule has 42 heavy (non-hydrogen) atoms.